The maximum atomic E-state index is 5.54. The van der Waals surface area contributed by atoms with E-state index in [4.69, 9.17) is 5.84 Å². The lowest BCUT2D eigenvalue weighted by atomic mass is 10.1. The average molecular weight is 243 g/mol. The highest BCUT2D eigenvalue weighted by Gasteiger charge is 2.11. The fourth-order valence-electron chi connectivity index (χ4n) is 1.63. The molecule has 2 aromatic rings. The number of aromatic nitrogens is 2. The molecule has 1 aromatic carbocycles. The van der Waals surface area contributed by atoms with Crippen molar-refractivity contribution in [3.63, 3.8) is 0 Å². The first kappa shape index (κ1) is 12.4. The maximum Gasteiger partial charge on any atom is 0.143 e. The van der Waals surface area contributed by atoms with E-state index in [1.807, 2.05) is 39.0 Å². The van der Waals surface area contributed by atoms with Crippen molar-refractivity contribution in [2.24, 2.45) is 10.8 Å². The van der Waals surface area contributed by atoms with Crippen LogP contribution in [-0.4, -0.2) is 21.3 Å². The summed E-state index contributed by atoms with van der Waals surface area (Å²) in [6.45, 7) is 6.06. The number of benzene rings is 1. The number of hydrogen-bond acceptors (Lipinski definition) is 4. The summed E-state index contributed by atoms with van der Waals surface area (Å²) in [4.78, 5) is 13.0. The van der Waals surface area contributed by atoms with Gasteiger partial charge < -0.3 is 5.43 Å². The first-order chi connectivity index (χ1) is 8.49. The lowest BCUT2D eigenvalue weighted by Crippen LogP contribution is -2.33. The van der Waals surface area contributed by atoms with Crippen LogP contribution in [0.5, 0.6) is 0 Å². The van der Waals surface area contributed by atoms with Crippen molar-refractivity contribution >= 4 is 16.9 Å². The van der Waals surface area contributed by atoms with Crippen molar-refractivity contribution < 1.29 is 0 Å². The van der Waals surface area contributed by atoms with E-state index in [0.29, 0.717) is 5.84 Å². The summed E-state index contributed by atoms with van der Waals surface area (Å²) in [5.41, 5.74) is 5.03. The van der Waals surface area contributed by atoms with Crippen LogP contribution in [0.3, 0.4) is 0 Å². The van der Waals surface area contributed by atoms with Crippen molar-refractivity contribution in [2.45, 2.75) is 26.3 Å². The van der Waals surface area contributed by atoms with Crippen LogP contribution in [0, 0.1) is 0 Å². The number of rotatable bonds is 1. The molecule has 0 bridgehead atoms. The van der Waals surface area contributed by atoms with E-state index >= 15 is 0 Å². The molecule has 0 unspecified atom stereocenters. The Morgan fingerprint density at radius 2 is 1.83 bits per heavy atom. The Balaban J connectivity index is 2.49. The first-order valence-corrected chi connectivity index (χ1v) is 5.77. The van der Waals surface area contributed by atoms with Crippen LogP contribution >= 0.6 is 0 Å². The fraction of sp³-hybridized carbons (Fsp3) is 0.308. The third-order valence-corrected chi connectivity index (χ3v) is 2.33. The number of hydrogen-bond donors (Lipinski definition) is 2. The van der Waals surface area contributed by atoms with Gasteiger partial charge in [0.25, 0.3) is 0 Å². The van der Waals surface area contributed by atoms with E-state index in [1.165, 1.54) is 0 Å². The van der Waals surface area contributed by atoms with Crippen molar-refractivity contribution in [1.82, 2.24) is 15.4 Å². The van der Waals surface area contributed by atoms with Crippen LogP contribution in [0.25, 0.3) is 11.0 Å². The van der Waals surface area contributed by atoms with Gasteiger partial charge in [-0.05, 0) is 39.0 Å². The molecule has 0 saturated carbocycles. The highest BCUT2D eigenvalue weighted by atomic mass is 15.3. The smallest absolute Gasteiger partial charge is 0.143 e. The van der Waals surface area contributed by atoms with Crippen molar-refractivity contribution in [3.05, 3.63) is 36.2 Å². The second-order valence-corrected chi connectivity index (χ2v) is 5.04. The Labute approximate surface area is 106 Å². The van der Waals surface area contributed by atoms with Gasteiger partial charge in [0.1, 0.15) is 5.84 Å². The number of aliphatic imine (C=N–C) groups is 1. The van der Waals surface area contributed by atoms with E-state index in [1.54, 1.807) is 12.4 Å². The Morgan fingerprint density at radius 3 is 2.44 bits per heavy atom. The fourth-order valence-corrected chi connectivity index (χ4v) is 1.63. The van der Waals surface area contributed by atoms with Crippen LogP contribution in [0.1, 0.15) is 26.3 Å². The molecule has 0 aliphatic rings. The van der Waals surface area contributed by atoms with Crippen LogP contribution in [-0.2, 0) is 0 Å². The second-order valence-electron chi connectivity index (χ2n) is 5.04. The molecule has 1 heterocycles. The van der Waals surface area contributed by atoms with E-state index in [2.05, 4.69) is 20.4 Å². The largest absolute Gasteiger partial charge is 0.308 e. The van der Waals surface area contributed by atoms with E-state index in [9.17, 15) is 0 Å². The minimum atomic E-state index is -0.195. The molecule has 0 saturated heterocycles. The topological polar surface area (TPSA) is 76.2 Å². The summed E-state index contributed by atoms with van der Waals surface area (Å²) < 4.78 is 0. The van der Waals surface area contributed by atoms with Crippen molar-refractivity contribution in [2.75, 3.05) is 0 Å². The highest BCUT2D eigenvalue weighted by Crippen LogP contribution is 2.13. The molecule has 5 nitrogen and oxygen atoms in total. The highest BCUT2D eigenvalue weighted by molar-refractivity contribution is 6.00. The molecular weight excluding hydrogens is 226 g/mol. The zero-order valence-electron chi connectivity index (χ0n) is 10.8. The summed E-state index contributed by atoms with van der Waals surface area (Å²) >= 11 is 0. The zero-order valence-corrected chi connectivity index (χ0v) is 10.8. The molecule has 0 radical (unpaired) electrons. The SMILES string of the molecule is CC(C)(C)N=C(NN)c1ccc2nccnc2c1. The van der Waals surface area contributed by atoms with Crippen LogP contribution in [0.15, 0.2) is 35.6 Å². The normalized spacial score (nSPS) is 12.8. The molecular formula is C13H17N5. The van der Waals surface area contributed by atoms with Gasteiger partial charge in [-0.2, -0.15) is 0 Å². The third-order valence-electron chi connectivity index (χ3n) is 2.33. The number of fused-ring (bicyclic) bond motifs is 1. The van der Waals surface area contributed by atoms with Gasteiger partial charge in [-0.3, -0.25) is 15.0 Å². The second kappa shape index (κ2) is 4.70. The van der Waals surface area contributed by atoms with Gasteiger partial charge in [-0.1, -0.05) is 0 Å². The quantitative estimate of drug-likeness (QED) is 0.345. The summed E-state index contributed by atoms with van der Waals surface area (Å²) in [5, 5.41) is 0. The van der Waals surface area contributed by atoms with Gasteiger partial charge in [-0.15, -0.1) is 0 Å². The van der Waals surface area contributed by atoms with Crippen LogP contribution in [0.4, 0.5) is 0 Å². The summed E-state index contributed by atoms with van der Waals surface area (Å²) in [5.74, 6) is 6.19. The molecule has 0 spiro atoms. The molecule has 94 valence electrons. The molecule has 0 aliphatic heterocycles. The van der Waals surface area contributed by atoms with Crippen molar-refractivity contribution in [3.8, 4) is 0 Å². The summed E-state index contributed by atoms with van der Waals surface area (Å²) in [7, 11) is 0. The molecule has 5 heteroatoms. The van der Waals surface area contributed by atoms with E-state index < -0.39 is 0 Å². The average Bonchev–Trinajstić information content (AvgIpc) is 2.34. The standard InChI is InChI=1S/C13H17N5/c1-13(2,3)17-12(18-14)9-4-5-10-11(8-9)16-7-6-15-10/h4-8H,14H2,1-3H3,(H,17,18). The number of nitrogens with zero attached hydrogens (tertiary/aromatic N) is 3. The summed E-state index contributed by atoms with van der Waals surface area (Å²) in [6.07, 6.45) is 3.34. The predicted molar refractivity (Wildman–Crippen MR) is 73.2 cm³/mol. The monoisotopic (exact) mass is 243 g/mol. The maximum absolute atomic E-state index is 5.54. The van der Waals surface area contributed by atoms with Gasteiger partial charge >= 0.3 is 0 Å². The lowest BCUT2D eigenvalue weighted by molar-refractivity contribution is 0.580. The molecule has 0 amide bonds. The Kier molecular flexibility index (Phi) is 3.25. The van der Waals surface area contributed by atoms with Gasteiger partial charge in [0, 0.05) is 18.0 Å². The van der Waals surface area contributed by atoms with Gasteiger partial charge in [0.15, 0.2) is 0 Å². The molecule has 0 atom stereocenters. The molecule has 2 rings (SSSR count). The third kappa shape index (κ3) is 2.81. The number of amidine groups is 1. The van der Waals surface area contributed by atoms with E-state index in [-0.39, 0.29) is 5.54 Å². The van der Waals surface area contributed by atoms with Crippen molar-refractivity contribution in [1.29, 1.82) is 0 Å². The van der Waals surface area contributed by atoms with Gasteiger partial charge in [0.05, 0.1) is 16.6 Å². The van der Waals surface area contributed by atoms with Gasteiger partial charge in [-0.25, -0.2) is 5.84 Å². The minimum absolute atomic E-state index is 0.195. The predicted octanol–water partition coefficient (Wildman–Crippen LogP) is 1.64. The molecule has 1 aromatic heterocycles. The Bertz CT molecular complexity index is 583. The Morgan fingerprint density at radius 1 is 1.17 bits per heavy atom. The number of hydrazine groups is 1. The number of nitrogens with one attached hydrogen (secondary N) is 1. The molecule has 0 aliphatic carbocycles. The molecule has 0 fully saturated rings. The zero-order chi connectivity index (χ0) is 13.2. The Hall–Kier alpha value is -2.01. The van der Waals surface area contributed by atoms with Crippen LogP contribution in [0.2, 0.25) is 0 Å². The lowest BCUT2D eigenvalue weighted by Gasteiger charge is -2.16. The number of nitrogens with two attached hydrogens (primary N) is 1. The van der Waals surface area contributed by atoms with Crippen LogP contribution < -0.4 is 11.3 Å². The van der Waals surface area contributed by atoms with Gasteiger partial charge in [0.2, 0.25) is 0 Å². The molecule has 18 heavy (non-hydrogen) atoms. The van der Waals surface area contributed by atoms with E-state index in [0.717, 1.165) is 16.6 Å². The first-order valence-electron chi connectivity index (χ1n) is 5.77. The minimum Gasteiger partial charge on any atom is -0.308 e. The molecule has 3 N–H and O–H groups in total. The summed E-state index contributed by atoms with van der Waals surface area (Å²) in [6, 6.07) is 5.77.